The van der Waals surface area contributed by atoms with Gasteiger partial charge in [0.2, 0.25) is 5.91 Å². The lowest BCUT2D eigenvalue weighted by Gasteiger charge is -2.25. The van der Waals surface area contributed by atoms with Gasteiger partial charge in [0.05, 0.1) is 6.54 Å². The summed E-state index contributed by atoms with van der Waals surface area (Å²) >= 11 is 6.13. The molecule has 1 aliphatic heterocycles. The fraction of sp³-hybridized carbons (Fsp3) is 0.562. The van der Waals surface area contributed by atoms with E-state index in [9.17, 15) is 4.79 Å². The highest BCUT2D eigenvalue weighted by atomic mass is 35.5. The summed E-state index contributed by atoms with van der Waals surface area (Å²) in [5.74, 6) is 0.176. The average Bonchev–Trinajstić information content (AvgIpc) is 2.62. The first kappa shape index (κ1) is 16.1. The molecule has 0 unspecified atom stereocenters. The molecule has 0 radical (unpaired) electrons. The summed E-state index contributed by atoms with van der Waals surface area (Å²) in [6, 6.07) is 5.93. The van der Waals surface area contributed by atoms with Crippen LogP contribution in [0.2, 0.25) is 5.02 Å². The minimum atomic E-state index is 0.176. The van der Waals surface area contributed by atoms with Crippen LogP contribution in [0.15, 0.2) is 18.2 Å². The largest absolute Gasteiger partial charge is 0.362 e. The number of carbonyl (C=O) groups excluding carboxylic acids is 1. The molecular formula is C16H24ClN3O. The van der Waals surface area contributed by atoms with Crippen LogP contribution in [0.4, 0.5) is 5.69 Å². The number of nitrogens with zero attached hydrogens (tertiary/aromatic N) is 2. The van der Waals surface area contributed by atoms with Gasteiger partial charge in [-0.1, -0.05) is 18.5 Å². The molecular weight excluding hydrogens is 286 g/mol. The van der Waals surface area contributed by atoms with Crippen molar-refractivity contribution in [2.45, 2.75) is 26.3 Å². The van der Waals surface area contributed by atoms with Gasteiger partial charge in [-0.05, 0) is 43.1 Å². The Balaban J connectivity index is 2.18. The van der Waals surface area contributed by atoms with Gasteiger partial charge in [-0.2, -0.15) is 0 Å². The van der Waals surface area contributed by atoms with Gasteiger partial charge in [-0.3, -0.25) is 4.79 Å². The third-order valence-corrected chi connectivity index (χ3v) is 4.03. The Morgan fingerprint density at radius 1 is 1.33 bits per heavy atom. The van der Waals surface area contributed by atoms with Crippen LogP contribution in [-0.2, 0) is 11.3 Å². The second kappa shape index (κ2) is 7.66. The molecule has 1 saturated heterocycles. The molecule has 21 heavy (non-hydrogen) atoms. The lowest BCUT2D eigenvalue weighted by molar-refractivity contribution is -0.127. The second-order valence-corrected chi connectivity index (χ2v) is 5.98. The fourth-order valence-electron chi connectivity index (χ4n) is 2.60. The van der Waals surface area contributed by atoms with E-state index < -0.39 is 0 Å². The van der Waals surface area contributed by atoms with Gasteiger partial charge >= 0.3 is 0 Å². The van der Waals surface area contributed by atoms with Crippen molar-refractivity contribution < 1.29 is 4.79 Å². The van der Waals surface area contributed by atoms with Crippen molar-refractivity contribution >= 4 is 23.2 Å². The van der Waals surface area contributed by atoms with Crippen LogP contribution in [0.25, 0.3) is 0 Å². The van der Waals surface area contributed by atoms with E-state index in [1.165, 1.54) is 0 Å². The zero-order chi connectivity index (χ0) is 15.2. The molecule has 1 heterocycles. The summed E-state index contributed by atoms with van der Waals surface area (Å²) in [5, 5.41) is 4.15. The summed E-state index contributed by atoms with van der Waals surface area (Å²) in [6.07, 6.45) is 2.09. The third-order valence-electron chi connectivity index (χ3n) is 3.80. The van der Waals surface area contributed by atoms with Crippen molar-refractivity contribution in [1.29, 1.82) is 0 Å². The average molecular weight is 310 g/mol. The van der Waals surface area contributed by atoms with E-state index in [1.807, 2.05) is 30.1 Å². The number of carbonyl (C=O) groups is 1. The highest BCUT2D eigenvalue weighted by Crippen LogP contribution is 2.25. The van der Waals surface area contributed by atoms with Crippen LogP contribution in [0.3, 0.4) is 0 Å². The van der Waals surface area contributed by atoms with Gasteiger partial charge in [0.1, 0.15) is 0 Å². The predicted molar refractivity (Wildman–Crippen MR) is 87.9 cm³/mol. The van der Waals surface area contributed by atoms with E-state index in [0.29, 0.717) is 6.54 Å². The molecule has 0 aromatic heterocycles. The molecule has 2 rings (SSSR count). The van der Waals surface area contributed by atoms with E-state index in [0.717, 1.165) is 55.3 Å². The number of halogens is 1. The summed E-state index contributed by atoms with van der Waals surface area (Å²) < 4.78 is 0. The van der Waals surface area contributed by atoms with Gasteiger partial charge < -0.3 is 15.1 Å². The molecule has 0 aliphatic carbocycles. The SMILES string of the molecule is CCCNCc1cc(Cl)ccc1N1CCCN(C)C(=O)C1. The Hall–Kier alpha value is -1.26. The van der Waals surface area contributed by atoms with Crippen LogP contribution < -0.4 is 10.2 Å². The van der Waals surface area contributed by atoms with E-state index in [1.54, 1.807) is 0 Å². The summed E-state index contributed by atoms with van der Waals surface area (Å²) in [7, 11) is 1.87. The van der Waals surface area contributed by atoms with E-state index in [2.05, 4.69) is 17.1 Å². The molecule has 0 bridgehead atoms. The van der Waals surface area contributed by atoms with Crippen LogP contribution >= 0.6 is 11.6 Å². The Kier molecular flexibility index (Phi) is 5.88. The molecule has 1 aromatic rings. The number of likely N-dealkylation sites (N-methyl/N-ethyl adjacent to an activating group) is 1. The smallest absolute Gasteiger partial charge is 0.241 e. The molecule has 1 N–H and O–H groups in total. The molecule has 116 valence electrons. The van der Waals surface area contributed by atoms with Crippen molar-refractivity contribution in [2.24, 2.45) is 0 Å². The van der Waals surface area contributed by atoms with Crippen molar-refractivity contribution in [3.63, 3.8) is 0 Å². The van der Waals surface area contributed by atoms with Crippen LogP contribution in [0, 0.1) is 0 Å². The van der Waals surface area contributed by atoms with Gasteiger partial charge in [0, 0.05) is 37.4 Å². The highest BCUT2D eigenvalue weighted by Gasteiger charge is 2.20. The molecule has 0 atom stereocenters. The zero-order valence-corrected chi connectivity index (χ0v) is 13.6. The Morgan fingerprint density at radius 3 is 2.90 bits per heavy atom. The number of nitrogens with one attached hydrogen (secondary N) is 1. The Morgan fingerprint density at radius 2 is 2.14 bits per heavy atom. The van der Waals surface area contributed by atoms with Crippen molar-refractivity contribution in [3.8, 4) is 0 Å². The van der Waals surface area contributed by atoms with Gasteiger partial charge in [-0.25, -0.2) is 0 Å². The van der Waals surface area contributed by atoms with Crippen molar-refractivity contribution in [2.75, 3.05) is 38.1 Å². The number of benzene rings is 1. The fourth-order valence-corrected chi connectivity index (χ4v) is 2.79. The third kappa shape index (κ3) is 4.35. The highest BCUT2D eigenvalue weighted by molar-refractivity contribution is 6.30. The lowest BCUT2D eigenvalue weighted by Crippen LogP contribution is -2.35. The molecule has 1 aromatic carbocycles. The Bertz CT molecular complexity index is 492. The summed E-state index contributed by atoms with van der Waals surface area (Å²) in [4.78, 5) is 16.1. The molecule has 0 saturated carbocycles. The first-order valence-electron chi connectivity index (χ1n) is 7.60. The number of anilines is 1. The van der Waals surface area contributed by atoms with Gasteiger partial charge in [-0.15, -0.1) is 0 Å². The maximum Gasteiger partial charge on any atom is 0.241 e. The maximum absolute atomic E-state index is 12.1. The van der Waals surface area contributed by atoms with E-state index in [-0.39, 0.29) is 5.91 Å². The van der Waals surface area contributed by atoms with Crippen LogP contribution in [0.5, 0.6) is 0 Å². The molecule has 5 heteroatoms. The standard InChI is InChI=1S/C16H24ClN3O/c1-3-7-18-11-13-10-14(17)5-6-15(13)20-9-4-8-19(2)16(21)12-20/h5-6,10,18H,3-4,7-9,11-12H2,1-2H3. The summed E-state index contributed by atoms with van der Waals surface area (Å²) in [5.41, 5.74) is 2.28. The Labute approximate surface area is 132 Å². The zero-order valence-electron chi connectivity index (χ0n) is 12.9. The minimum Gasteiger partial charge on any atom is -0.362 e. The summed E-state index contributed by atoms with van der Waals surface area (Å²) in [6.45, 7) is 6.08. The maximum atomic E-state index is 12.1. The number of hydrogen-bond donors (Lipinski definition) is 1. The molecule has 1 aliphatic rings. The monoisotopic (exact) mass is 309 g/mol. The first-order chi connectivity index (χ1) is 10.1. The van der Waals surface area contributed by atoms with Crippen molar-refractivity contribution in [3.05, 3.63) is 28.8 Å². The first-order valence-corrected chi connectivity index (χ1v) is 7.97. The second-order valence-electron chi connectivity index (χ2n) is 5.54. The predicted octanol–water partition coefficient (Wildman–Crippen LogP) is 2.51. The molecule has 4 nitrogen and oxygen atoms in total. The van der Waals surface area contributed by atoms with E-state index in [4.69, 9.17) is 11.6 Å². The van der Waals surface area contributed by atoms with E-state index >= 15 is 0 Å². The molecule has 1 fully saturated rings. The lowest BCUT2D eigenvalue weighted by atomic mass is 10.1. The van der Waals surface area contributed by atoms with Crippen molar-refractivity contribution in [1.82, 2.24) is 10.2 Å². The van der Waals surface area contributed by atoms with Crippen LogP contribution in [0.1, 0.15) is 25.3 Å². The minimum absolute atomic E-state index is 0.176. The molecule has 0 spiro atoms. The van der Waals surface area contributed by atoms with Crippen LogP contribution in [-0.4, -0.2) is 44.0 Å². The number of hydrogen-bond acceptors (Lipinski definition) is 3. The number of rotatable bonds is 5. The van der Waals surface area contributed by atoms with Gasteiger partial charge in [0.15, 0.2) is 0 Å². The van der Waals surface area contributed by atoms with Gasteiger partial charge in [0.25, 0.3) is 0 Å². The molecule has 1 amide bonds. The normalized spacial score (nSPS) is 16.2. The topological polar surface area (TPSA) is 35.6 Å². The number of amides is 1. The quantitative estimate of drug-likeness (QED) is 0.849.